The third-order valence-electron chi connectivity index (χ3n) is 5.14. The molecule has 5 rings (SSSR count). The van der Waals surface area contributed by atoms with Gasteiger partial charge in [-0.1, -0.05) is 48.6 Å². The van der Waals surface area contributed by atoms with Gasteiger partial charge in [0.2, 0.25) is 0 Å². The van der Waals surface area contributed by atoms with Crippen LogP contribution in [-0.2, 0) is 0 Å². The normalized spacial score (nSPS) is 15.6. The van der Waals surface area contributed by atoms with Gasteiger partial charge in [-0.3, -0.25) is 9.59 Å². The van der Waals surface area contributed by atoms with Gasteiger partial charge in [-0.15, -0.1) is 0 Å². The van der Waals surface area contributed by atoms with Crippen LogP contribution in [0.1, 0.15) is 20.7 Å². The summed E-state index contributed by atoms with van der Waals surface area (Å²) in [5.41, 5.74) is 1.63. The first-order valence-electron chi connectivity index (χ1n) is 9.21. The zero-order valence-electron chi connectivity index (χ0n) is 15.0. The first kappa shape index (κ1) is 16.5. The number of amides is 2. The summed E-state index contributed by atoms with van der Waals surface area (Å²) in [5.74, 6) is 0.382. The quantitative estimate of drug-likeness (QED) is 0.625. The summed E-state index contributed by atoms with van der Waals surface area (Å²) >= 11 is 0. The highest BCUT2D eigenvalue weighted by molar-refractivity contribution is 6.35. The number of benzene rings is 3. The van der Waals surface area contributed by atoms with Crippen molar-refractivity contribution in [2.75, 3.05) is 11.5 Å². The van der Waals surface area contributed by atoms with Crippen molar-refractivity contribution < 1.29 is 14.3 Å². The van der Waals surface area contributed by atoms with E-state index in [1.54, 1.807) is 36.4 Å². The molecule has 0 N–H and O–H groups in total. The van der Waals surface area contributed by atoms with E-state index in [-0.39, 0.29) is 17.7 Å². The third-order valence-corrected chi connectivity index (χ3v) is 5.14. The Balaban J connectivity index is 1.45. The molecule has 1 heterocycles. The number of nitrogens with zero attached hydrogens (tertiary/aromatic N) is 1. The molecule has 3 aromatic rings. The van der Waals surface area contributed by atoms with E-state index < -0.39 is 0 Å². The van der Waals surface area contributed by atoms with Gasteiger partial charge in [0.25, 0.3) is 11.8 Å². The monoisotopic (exact) mass is 367 g/mol. The maximum Gasteiger partial charge on any atom is 0.265 e. The molecular weight excluding hydrogens is 350 g/mol. The number of hydrogen-bond acceptors (Lipinski definition) is 3. The second-order valence-electron chi connectivity index (χ2n) is 6.89. The predicted octanol–water partition coefficient (Wildman–Crippen LogP) is 4.76. The van der Waals surface area contributed by atoms with Crippen molar-refractivity contribution in [1.29, 1.82) is 0 Å². The van der Waals surface area contributed by atoms with Gasteiger partial charge in [-0.25, -0.2) is 4.90 Å². The van der Waals surface area contributed by atoms with Crippen LogP contribution >= 0.6 is 0 Å². The van der Waals surface area contributed by atoms with Gasteiger partial charge >= 0.3 is 0 Å². The molecule has 0 saturated carbocycles. The van der Waals surface area contributed by atoms with Crippen molar-refractivity contribution in [3.05, 3.63) is 96.1 Å². The summed E-state index contributed by atoms with van der Waals surface area (Å²) in [6.07, 6.45) is 8.17. The summed E-state index contributed by atoms with van der Waals surface area (Å²) in [6, 6.07) is 18.1. The lowest BCUT2D eigenvalue weighted by Crippen LogP contribution is -2.40. The Morgan fingerprint density at radius 3 is 2.00 bits per heavy atom. The van der Waals surface area contributed by atoms with Crippen LogP contribution in [0.4, 0.5) is 5.69 Å². The predicted molar refractivity (Wildman–Crippen MR) is 109 cm³/mol. The molecule has 136 valence electrons. The minimum absolute atomic E-state index is 0.280. The van der Waals surface area contributed by atoms with E-state index in [1.807, 2.05) is 36.4 Å². The van der Waals surface area contributed by atoms with E-state index in [0.29, 0.717) is 29.2 Å². The molecule has 1 aliphatic heterocycles. The summed E-state index contributed by atoms with van der Waals surface area (Å²) in [6.45, 7) is 0.559. The molecule has 0 spiro atoms. The third kappa shape index (κ3) is 2.62. The fourth-order valence-corrected chi connectivity index (χ4v) is 3.74. The Hall–Kier alpha value is -3.66. The molecular formula is C24H17NO3. The Morgan fingerprint density at radius 2 is 1.39 bits per heavy atom. The number of anilines is 1. The highest BCUT2D eigenvalue weighted by Gasteiger charge is 2.33. The van der Waals surface area contributed by atoms with E-state index >= 15 is 0 Å². The van der Waals surface area contributed by atoms with Gasteiger partial charge in [0, 0.05) is 22.4 Å². The van der Waals surface area contributed by atoms with Crippen LogP contribution in [0.15, 0.2) is 85.0 Å². The van der Waals surface area contributed by atoms with Gasteiger partial charge in [-0.05, 0) is 41.8 Å². The lowest BCUT2D eigenvalue weighted by Gasteiger charge is -2.27. The average molecular weight is 367 g/mol. The molecule has 4 heteroatoms. The molecule has 0 atom stereocenters. The minimum Gasteiger partial charge on any atom is -0.493 e. The van der Waals surface area contributed by atoms with Crippen molar-refractivity contribution in [2.45, 2.75) is 0 Å². The van der Waals surface area contributed by atoms with Gasteiger partial charge < -0.3 is 4.74 Å². The van der Waals surface area contributed by atoms with Crippen LogP contribution in [-0.4, -0.2) is 18.4 Å². The molecule has 3 aromatic carbocycles. The molecule has 1 aliphatic carbocycles. The van der Waals surface area contributed by atoms with Crippen LogP contribution in [0.5, 0.6) is 5.75 Å². The number of ether oxygens (including phenoxy) is 1. The Kier molecular flexibility index (Phi) is 3.83. The minimum atomic E-state index is -0.302. The fourth-order valence-electron chi connectivity index (χ4n) is 3.74. The van der Waals surface area contributed by atoms with Crippen molar-refractivity contribution in [3.63, 3.8) is 0 Å². The van der Waals surface area contributed by atoms with E-state index in [2.05, 4.69) is 12.2 Å². The first-order chi connectivity index (χ1) is 13.7. The summed E-state index contributed by atoms with van der Waals surface area (Å²) in [5, 5.41) is 1.63. The van der Waals surface area contributed by atoms with Crippen molar-refractivity contribution in [1.82, 2.24) is 0 Å². The Labute approximate surface area is 162 Å². The molecule has 0 aromatic heterocycles. The molecule has 0 unspecified atom stereocenters. The highest BCUT2D eigenvalue weighted by atomic mass is 16.5. The second-order valence-corrected chi connectivity index (χ2v) is 6.89. The Bertz CT molecular complexity index is 1100. The van der Waals surface area contributed by atoms with Crippen molar-refractivity contribution >= 4 is 28.3 Å². The number of rotatable bonds is 4. The molecule has 0 radical (unpaired) electrons. The maximum atomic E-state index is 13.1. The van der Waals surface area contributed by atoms with Crippen molar-refractivity contribution in [3.8, 4) is 5.75 Å². The molecule has 2 amide bonds. The second kappa shape index (κ2) is 6.50. The van der Waals surface area contributed by atoms with Gasteiger partial charge in [0.1, 0.15) is 5.75 Å². The SMILES string of the molecule is O=C1c2cccc3cccc(c23)C(=O)N1c1ccc(OCC2C=CC=C2)cc1. The van der Waals surface area contributed by atoms with Crippen LogP contribution in [0, 0.1) is 5.92 Å². The highest BCUT2D eigenvalue weighted by Crippen LogP contribution is 2.33. The van der Waals surface area contributed by atoms with Crippen LogP contribution < -0.4 is 9.64 Å². The molecule has 0 saturated heterocycles. The molecule has 2 aliphatic rings. The number of carbonyl (C=O) groups excluding carboxylic acids is 2. The van der Waals surface area contributed by atoms with Crippen LogP contribution in [0.25, 0.3) is 10.8 Å². The molecule has 4 nitrogen and oxygen atoms in total. The van der Waals surface area contributed by atoms with E-state index in [1.165, 1.54) is 4.90 Å². The lowest BCUT2D eigenvalue weighted by atomic mass is 9.94. The number of carbonyl (C=O) groups is 2. The molecule has 0 bridgehead atoms. The number of allylic oxidation sites excluding steroid dienone is 2. The maximum absolute atomic E-state index is 13.1. The van der Waals surface area contributed by atoms with Gasteiger partial charge in [-0.2, -0.15) is 0 Å². The Morgan fingerprint density at radius 1 is 0.786 bits per heavy atom. The standard InChI is InChI=1S/C24H17NO3/c26-23-20-9-3-7-17-8-4-10-21(22(17)20)24(27)25(23)18-11-13-19(14-12-18)28-15-16-5-1-2-6-16/h1-14,16H,15H2. The number of imide groups is 1. The van der Waals surface area contributed by atoms with Crippen LogP contribution in [0.3, 0.4) is 0 Å². The zero-order chi connectivity index (χ0) is 19.1. The number of hydrogen-bond donors (Lipinski definition) is 0. The largest absolute Gasteiger partial charge is 0.493 e. The average Bonchev–Trinajstić information content (AvgIpc) is 3.25. The smallest absolute Gasteiger partial charge is 0.265 e. The molecule has 28 heavy (non-hydrogen) atoms. The van der Waals surface area contributed by atoms with E-state index in [4.69, 9.17) is 4.74 Å². The van der Waals surface area contributed by atoms with Gasteiger partial charge in [0.05, 0.1) is 12.3 Å². The first-order valence-corrected chi connectivity index (χ1v) is 9.21. The van der Waals surface area contributed by atoms with Crippen LogP contribution in [0.2, 0.25) is 0 Å². The van der Waals surface area contributed by atoms with E-state index in [0.717, 1.165) is 10.8 Å². The lowest BCUT2D eigenvalue weighted by molar-refractivity contribution is 0.0893. The summed E-state index contributed by atoms with van der Waals surface area (Å²) in [4.78, 5) is 27.4. The fraction of sp³-hybridized carbons (Fsp3) is 0.0833. The van der Waals surface area contributed by atoms with Gasteiger partial charge in [0.15, 0.2) is 0 Å². The van der Waals surface area contributed by atoms with Crippen molar-refractivity contribution in [2.24, 2.45) is 5.92 Å². The zero-order valence-corrected chi connectivity index (χ0v) is 15.0. The van der Waals surface area contributed by atoms with E-state index in [9.17, 15) is 9.59 Å². The summed E-state index contributed by atoms with van der Waals surface area (Å²) < 4.78 is 5.80. The topological polar surface area (TPSA) is 46.6 Å². The summed E-state index contributed by atoms with van der Waals surface area (Å²) in [7, 11) is 0. The molecule has 0 fully saturated rings.